The summed E-state index contributed by atoms with van der Waals surface area (Å²) in [5.74, 6) is 0.213. The lowest BCUT2D eigenvalue weighted by molar-refractivity contribution is -0.147. The molecule has 0 saturated heterocycles. The maximum Gasteiger partial charge on any atom is 0.309 e. The van der Waals surface area contributed by atoms with Gasteiger partial charge in [-0.05, 0) is 45.7 Å². The molecule has 0 aromatic rings. The average Bonchev–Trinajstić information content (AvgIpc) is 2.69. The van der Waals surface area contributed by atoms with Gasteiger partial charge in [0.15, 0.2) is 0 Å². The van der Waals surface area contributed by atoms with E-state index in [-0.39, 0.29) is 0 Å². The Morgan fingerprint density at radius 2 is 1.94 bits per heavy atom. The van der Waals surface area contributed by atoms with E-state index in [0.29, 0.717) is 6.42 Å². The Morgan fingerprint density at radius 1 is 1.31 bits per heavy atom. The highest BCUT2D eigenvalue weighted by Gasteiger charge is 2.26. The molecule has 1 fully saturated rings. The first-order chi connectivity index (χ1) is 7.52. The summed E-state index contributed by atoms with van der Waals surface area (Å²) in [6.45, 7) is 5.42. The van der Waals surface area contributed by atoms with Crippen LogP contribution in [0.3, 0.4) is 0 Å². The molecule has 0 aliphatic heterocycles. The fraction of sp³-hybridized carbons (Fsp3) is 0.923. The molecule has 3 heteroatoms. The van der Waals surface area contributed by atoms with Gasteiger partial charge in [0.2, 0.25) is 0 Å². The number of hydrogen-bond acceptors (Lipinski definition) is 2. The van der Waals surface area contributed by atoms with Gasteiger partial charge >= 0.3 is 5.97 Å². The molecule has 1 aliphatic rings. The normalized spacial score (nSPS) is 17.9. The molecule has 1 saturated carbocycles. The Labute approximate surface area is 98.6 Å². The monoisotopic (exact) mass is 227 g/mol. The first-order valence-corrected chi connectivity index (χ1v) is 6.46. The largest absolute Gasteiger partial charge is 0.481 e. The van der Waals surface area contributed by atoms with Gasteiger partial charge in [0.05, 0.1) is 5.41 Å². The summed E-state index contributed by atoms with van der Waals surface area (Å²) in [5, 5.41) is 12.3. The molecule has 94 valence electrons. The van der Waals surface area contributed by atoms with Crippen molar-refractivity contribution in [2.24, 2.45) is 11.3 Å². The minimum Gasteiger partial charge on any atom is -0.481 e. The van der Waals surface area contributed by atoms with Gasteiger partial charge in [-0.25, -0.2) is 0 Å². The molecule has 0 aromatic heterocycles. The Balaban J connectivity index is 2.01. The van der Waals surface area contributed by atoms with Crippen molar-refractivity contribution < 1.29 is 9.90 Å². The molecule has 16 heavy (non-hydrogen) atoms. The predicted molar refractivity (Wildman–Crippen MR) is 65.5 cm³/mol. The molecule has 0 bridgehead atoms. The van der Waals surface area contributed by atoms with Crippen LogP contribution in [-0.4, -0.2) is 24.2 Å². The first kappa shape index (κ1) is 13.5. The topological polar surface area (TPSA) is 49.3 Å². The number of rotatable bonds is 7. The molecular formula is C13H25NO2. The van der Waals surface area contributed by atoms with Crippen molar-refractivity contribution in [1.82, 2.24) is 5.32 Å². The van der Waals surface area contributed by atoms with Crippen molar-refractivity contribution in [2.45, 2.75) is 52.4 Å². The summed E-state index contributed by atoms with van der Waals surface area (Å²) in [4.78, 5) is 10.9. The summed E-state index contributed by atoms with van der Waals surface area (Å²) < 4.78 is 0. The van der Waals surface area contributed by atoms with Crippen molar-refractivity contribution >= 4 is 5.97 Å². The van der Waals surface area contributed by atoms with Crippen LogP contribution in [0, 0.1) is 11.3 Å². The second kappa shape index (κ2) is 6.24. The molecule has 0 radical (unpaired) electrons. The lowest BCUT2D eigenvalue weighted by atomic mass is 9.89. The lowest BCUT2D eigenvalue weighted by Crippen LogP contribution is -2.29. The van der Waals surface area contributed by atoms with Gasteiger partial charge in [-0.15, -0.1) is 0 Å². The highest BCUT2D eigenvalue weighted by molar-refractivity contribution is 5.73. The van der Waals surface area contributed by atoms with Crippen LogP contribution in [0.5, 0.6) is 0 Å². The summed E-state index contributed by atoms with van der Waals surface area (Å²) >= 11 is 0. The molecule has 0 spiro atoms. The molecule has 2 N–H and O–H groups in total. The molecular weight excluding hydrogens is 202 g/mol. The number of nitrogens with one attached hydrogen (secondary N) is 1. The van der Waals surface area contributed by atoms with Crippen LogP contribution in [0.15, 0.2) is 0 Å². The van der Waals surface area contributed by atoms with Crippen molar-refractivity contribution in [3.8, 4) is 0 Å². The van der Waals surface area contributed by atoms with Gasteiger partial charge in [0.1, 0.15) is 0 Å². The molecule has 1 rings (SSSR count). The standard InChI is InChI=1S/C13H25NO2/c1-13(2,12(15)16)8-10-14-9-7-11-5-3-4-6-11/h11,14H,3-10H2,1-2H3,(H,15,16). The van der Waals surface area contributed by atoms with E-state index in [9.17, 15) is 4.79 Å². The number of carbonyl (C=O) groups is 1. The molecule has 0 heterocycles. The van der Waals surface area contributed by atoms with Crippen LogP contribution >= 0.6 is 0 Å². The van der Waals surface area contributed by atoms with Crippen molar-refractivity contribution in [1.29, 1.82) is 0 Å². The summed E-state index contributed by atoms with van der Waals surface area (Å²) in [5.41, 5.74) is -0.597. The molecule has 0 atom stereocenters. The van der Waals surface area contributed by atoms with E-state index in [2.05, 4.69) is 5.32 Å². The molecule has 0 unspecified atom stereocenters. The summed E-state index contributed by atoms with van der Waals surface area (Å²) in [7, 11) is 0. The van der Waals surface area contributed by atoms with Gasteiger partial charge in [-0.3, -0.25) is 4.79 Å². The van der Waals surface area contributed by atoms with Crippen LogP contribution < -0.4 is 5.32 Å². The number of carboxylic acid groups (broad SMARTS) is 1. The minimum atomic E-state index is -0.704. The van der Waals surface area contributed by atoms with Gasteiger partial charge in [-0.2, -0.15) is 0 Å². The summed E-state index contributed by atoms with van der Waals surface area (Å²) in [6, 6.07) is 0. The fourth-order valence-corrected chi connectivity index (χ4v) is 2.24. The molecule has 1 aliphatic carbocycles. The van der Waals surface area contributed by atoms with Gasteiger partial charge < -0.3 is 10.4 Å². The van der Waals surface area contributed by atoms with Crippen LogP contribution in [0.4, 0.5) is 0 Å². The van der Waals surface area contributed by atoms with Crippen LogP contribution in [0.25, 0.3) is 0 Å². The second-order valence-corrected chi connectivity index (χ2v) is 5.63. The Morgan fingerprint density at radius 3 is 2.50 bits per heavy atom. The van der Waals surface area contributed by atoms with Crippen molar-refractivity contribution in [2.75, 3.05) is 13.1 Å². The lowest BCUT2D eigenvalue weighted by Gasteiger charge is -2.19. The molecule has 3 nitrogen and oxygen atoms in total. The van der Waals surface area contributed by atoms with E-state index >= 15 is 0 Å². The average molecular weight is 227 g/mol. The Bertz CT molecular complexity index is 220. The van der Waals surface area contributed by atoms with E-state index in [1.807, 2.05) is 0 Å². The maximum absolute atomic E-state index is 10.9. The number of carboxylic acids is 1. The maximum atomic E-state index is 10.9. The molecule has 0 amide bonds. The number of aliphatic carboxylic acids is 1. The number of hydrogen-bond donors (Lipinski definition) is 2. The van der Waals surface area contributed by atoms with Crippen molar-refractivity contribution in [3.05, 3.63) is 0 Å². The van der Waals surface area contributed by atoms with Gasteiger partial charge in [0, 0.05) is 0 Å². The van der Waals surface area contributed by atoms with Crippen LogP contribution in [0.2, 0.25) is 0 Å². The Kier molecular flexibility index (Phi) is 5.26. The quantitative estimate of drug-likeness (QED) is 0.657. The van der Waals surface area contributed by atoms with E-state index < -0.39 is 11.4 Å². The summed E-state index contributed by atoms with van der Waals surface area (Å²) in [6.07, 6.45) is 7.54. The third kappa shape index (κ3) is 4.52. The zero-order valence-corrected chi connectivity index (χ0v) is 10.6. The van der Waals surface area contributed by atoms with Gasteiger partial charge in [-0.1, -0.05) is 25.7 Å². The third-order valence-electron chi connectivity index (χ3n) is 3.71. The van der Waals surface area contributed by atoms with Crippen LogP contribution in [-0.2, 0) is 4.79 Å². The zero-order valence-electron chi connectivity index (χ0n) is 10.6. The predicted octanol–water partition coefficient (Wildman–Crippen LogP) is 2.66. The second-order valence-electron chi connectivity index (χ2n) is 5.63. The highest BCUT2D eigenvalue weighted by Crippen LogP contribution is 2.27. The Hall–Kier alpha value is -0.570. The smallest absolute Gasteiger partial charge is 0.309 e. The van der Waals surface area contributed by atoms with E-state index in [0.717, 1.165) is 19.0 Å². The zero-order chi connectivity index (χ0) is 12.0. The van der Waals surface area contributed by atoms with Crippen LogP contribution in [0.1, 0.15) is 52.4 Å². The van der Waals surface area contributed by atoms with E-state index in [4.69, 9.17) is 5.11 Å². The van der Waals surface area contributed by atoms with Crippen molar-refractivity contribution in [3.63, 3.8) is 0 Å². The highest BCUT2D eigenvalue weighted by atomic mass is 16.4. The fourth-order valence-electron chi connectivity index (χ4n) is 2.24. The SMILES string of the molecule is CC(C)(CCNCCC1CCCC1)C(=O)O. The van der Waals surface area contributed by atoms with Gasteiger partial charge in [0.25, 0.3) is 0 Å². The molecule has 0 aromatic carbocycles. The van der Waals surface area contributed by atoms with E-state index in [1.165, 1.54) is 32.1 Å². The third-order valence-corrected chi connectivity index (χ3v) is 3.71. The van der Waals surface area contributed by atoms with E-state index in [1.54, 1.807) is 13.8 Å². The first-order valence-electron chi connectivity index (χ1n) is 6.46. The minimum absolute atomic E-state index is 0.597.